The molecule has 0 saturated carbocycles. The Morgan fingerprint density at radius 3 is 2.71 bits per heavy atom. The monoisotopic (exact) mass is 342 g/mol. The lowest BCUT2D eigenvalue weighted by atomic mass is 10.0. The zero-order valence-electron chi connectivity index (χ0n) is 13.2. The van der Waals surface area contributed by atoms with E-state index in [4.69, 9.17) is 0 Å². The van der Waals surface area contributed by atoms with Crippen LogP contribution >= 0.6 is 0 Å². The molecular formula is C18H18N2O3S. The van der Waals surface area contributed by atoms with Crippen molar-refractivity contribution in [3.8, 4) is 0 Å². The van der Waals surface area contributed by atoms with Crippen LogP contribution in [0, 0.1) is 6.92 Å². The van der Waals surface area contributed by atoms with E-state index < -0.39 is 16.1 Å². The van der Waals surface area contributed by atoms with Gasteiger partial charge in [-0.3, -0.25) is 4.98 Å². The van der Waals surface area contributed by atoms with Crippen molar-refractivity contribution in [3.63, 3.8) is 0 Å². The highest BCUT2D eigenvalue weighted by Gasteiger charge is 2.19. The lowest BCUT2D eigenvalue weighted by Gasteiger charge is -2.15. The number of fused-ring (bicyclic) bond motifs is 1. The molecule has 0 bridgehead atoms. The van der Waals surface area contributed by atoms with E-state index in [0.717, 1.165) is 10.9 Å². The maximum absolute atomic E-state index is 12.6. The van der Waals surface area contributed by atoms with Crippen LogP contribution in [-0.4, -0.2) is 25.1 Å². The number of hydrogen-bond acceptors (Lipinski definition) is 4. The standard InChI is InChI=1S/C18H18N2O3S/c1-13-5-2-3-7-15(13)17(21)12-20-24(22,23)18-8-4-6-14-11-19-10-9-16(14)18/h2-11,17,20-21H,12H2,1H3/t17-/m0/s1. The topological polar surface area (TPSA) is 79.3 Å². The Morgan fingerprint density at radius 2 is 1.92 bits per heavy atom. The molecule has 24 heavy (non-hydrogen) atoms. The van der Waals surface area contributed by atoms with E-state index in [9.17, 15) is 13.5 Å². The van der Waals surface area contributed by atoms with Crippen LogP contribution in [0.2, 0.25) is 0 Å². The fourth-order valence-electron chi connectivity index (χ4n) is 2.66. The summed E-state index contributed by atoms with van der Waals surface area (Å²) in [7, 11) is -3.74. The molecule has 0 aliphatic carbocycles. The minimum atomic E-state index is -3.74. The van der Waals surface area contributed by atoms with E-state index >= 15 is 0 Å². The molecule has 0 radical (unpaired) electrons. The molecule has 2 N–H and O–H groups in total. The van der Waals surface area contributed by atoms with Gasteiger partial charge in [-0.25, -0.2) is 13.1 Å². The minimum absolute atomic E-state index is 0.0886. The predicted octanol–water partition coefficient (Wildman–Crippen LogP) is 2.56. The second kappa shape index (κ2) is 6.68. The first-order chi connectivity index (χ1) is 11.5. The molecule has 0 amide bonds. The van der Waals surface area contributed by atoms with Gasteiger partial charge in [0.15, 0.2) is 0 Å². The van der Waals surface area contributed by atoms with Crippen LogP contribution < -0.4 is 4.72 Å². The van der Waals surface area contributed by atoms with Crippen LogP contribution in [-0.2, 0) is 10.0 Å². The number of benzene rings is 2. The third kappa shape index (κ3) is 3.31. The molecule has 0 spiro atoms. The maximum Gasteiger partial charge on any atom is 0.241 e. The molecule has 6 heteroatoms. The van der Waals surface area contributed by atoms with E-state index in [0.29, 0.717) is 10.9 Å². The van der Waals surface area contributed by atoms with E-state index in [1.165, 1.54) is 0 Å². The van der Waals surface area contributed by atoms with Crippen LogP contribution in [0.4, 0.5) is 0 Å². The Kier molecular flexibility index (Phi) is 4.62. The summed E-state index contributed by atoms with van der Waals surface area (Å²) < 4.78 is 27.7. The highest BCUT2D eigenvalue weighted by atomic mass is 32.2. The number of sulfonamides is 1. The molecule has 1 heterocycles. The summed E-state index contributed by atoms with van der Waals surface area (Å²) in [5, 5.41) is 11.6. The van der Waals surface area contributed by atoms with Gasteiger partial charge in [0.05, 0.1) is 11.0 Å². The van der Waals surface area contributed by atoms with Crippen LogP contribution in [0.25, 0.3) is 10.8 Å². The number of nitrogens with one attached hydrogen (secondary N) is 1. The molecule has 0 aliphatic heterocycles. The fraction of sp³-hybridized carbons (Fsp3) is 0.167. The molecule has 1 atom stereocenters. The van der Waals surface area contributed by atoms with Gasteiger partial charge in [-0.05, 0) is 30.2 Å². The summed E-state index contributed by atoms with van der Waals surface area (Å²) in [6.07, 6.45) is 2.28. The van der Waals surface area contributed by atoms with Crippen LogP contribution in [0.3, 0.4) is 0 Å². The second-order valence-electron chi connectivity index (χ2n) is 5.58. The van der Waals surface area contributed by atoms with Gasteiger partial charge in [0.1, 0.15) is 0 Å². The van der Waals surface area contributed by atoms with Crippen LogP contribution in [0.15, 0.2) is 65.8 Å². The highest BCUT2D eigenvalue weighted by molar-refractivity contribution is 7.89. The van der Waals surface area contributed by atoms with E-state index in [-0.39, 0.29) is 11.4 Å². The Balaban J connectivity index is 1.85. The average Bonchev–Trinajstić information content (AvgIpc) is 2.59. The van der Waals surface area contributed by atoms with Crippen LogP contribution in [0.5, 0.6) is 0 Å². The first kappa shape index (κ1) is 16.6. The van der Waals surface area contributed by atoms with Gasteiger partial charge in [0.25, 0.3) is 0 Å². The SMILES string of the molecule is Cc1ccccc1[C@@H](O)CNS(=O)(=O)c1cccc2cnccc12. The summed E-state index contributed by atoms with van der Waals surface area (Å²) in [5.41, 5.74) is 1.63. The zero-order valence-corrected chi connectivity index (χ0v) is 14.0. The molecule has 1 aromatic heterocycles. The van der Waals surface area contributed by atoms with Gasteiger partial charge in [-0.2, -0.15) is 0 Å². The summed E-state index contributed by atoms with van der Waals surface area (Å²) >= 11 is 0. The molecule has 3 aromatic rings. The van der Waals surface area contributed by atoms with E-state index in [1.54, 1.807) is 36.7 Å². The van der Waals surface area contributed by atoms with Gasteiger partial charge in [-0.15, -0.1) is 0 Å². The first-order valence-electron chi connectivity index (χ1n) is 7.55. The Hall–Kier alpha value is -2.28. The first-order valence-corrected chi connectivity index (χ1v) is 9.03. The van der Waals surface area contributed by atoms with Crippen molar-refractivity contribution in [1.82, 2.24) is 9.71 Å². The van der Waals surface area contributed by atoms with E-state index in [1.807, 2.05) is 31.2 Å². The van der Waals surface area contributed by atoms with Crippen molar-refractivity contribution >= 4 is 20.8 Å². The van der Waals surface area contributed by atoms with Crippen molar-refractivity contribution in [3.05, 3.63) is 72.1 Å². The van der Waals surface area contributed by atoms with Crippen molar-refractivity contribution < 1.29 is 13.5 Å². The predicted molar refractivity (Wildman–Crippen MR) is 93.1 cm³/mol. The quantitative estimate of drug-likeness (QED) is 0.747. The average molecular weight is 342 g/mol. The maximum atomic E-state index is 12.6. The molecule has 0 aliphatic rings. The van der Waals surface area contributed by atoms with Crippen molar-refractivity contribution in [2.75, 3.05) is 6.54 Å². The van der Waals surface area contributed by atoms with Gasteiger partial charge >= 0.3 is 0 Å². The normalized spacial score (nSPS) is 13.1. The molecule has 0 saturated heterocycles. The highest BCUT2D eigenvalue weighted by Crippen LogP contribution is 2.23. The number of rotatable bonds is 5. The second-order valence-corrected chi connectivity index (χ2v) is 7.31. The summed E-state index contributed by atoms with van der Waals surface area (Å²) in [5.74, 6) is 0. The summed E-state index contributed by atoms with van der Waals surface area (Å²) in [4.78, 5) is 4.18. The Morgan fingerprint density at radius 1 is 1.12 bits per heavy atom. The number of aliphatic hydroxyl groups excluding tert-OH is 1. The van der Waals surface area contributed by atoms with Gasteiger partial charge in [-0.1, -0.05) is 36.4 Å². The van der Waals surface area contributed by atoms with Gasteiger partial charge < -0.3 is 5.11 Å². The smallest absolute Gasteiger partial charge is 0.241 e. The largest absolute Gasteiger partial charge is 0.387 e. The van der Waals surface area contributed by atoms with Crippen molar-refractivity contribution in [2.45, 2.75) is 17.9 Å². The van der Waals surface area contributed by atoms with E-state index in [2.05, 4.69) is 9.71 Å². The lowest BCUT2D eigenvalue weighted by Crippen LogP contribution is -2.29. The van der Waals surface area contributed by atoms with Crippen LogP contribution in [0.1, 0.15) is 17.2 Å². The molecular weight excluding hydrogens is 324 g/mol. The number of pyridine rings is 1. The summed E-state index contributed by atoms with van der Waals surface area (Å²) in [6, 6.07) is 14.1. The third-order valence-electron chi connectivity index (χ3n) is 3.94. The number of aliphatic hydroxyl groups is 1. The number of aryl methyl sites for hydroxylation is 1. The Labute approximate surface area is 141 Å². The molecule has 5 nitrogen and oxygen atoms in total. The number of aromatic nitrogens is 1. The number of nitrogens with zero attached hydrogens (tertiary/aromatic N) is 1. The van der Waals surface area contributed by atoms with Crippen molar-refractivity contribution in [2.24, 2.45) is 0 Å². The lowest BCUT2D eigenvalue weighted by molar-refractivity contribution is 0.181. The molecule has 2 aromatic carbocycles. The fourth-order valence-corrected chi connectivity index (χ4v) is 3.93. The summed E-state index contributed by atoms with van der Waals surface area (Å²) in [6.45, 7) is 1.79. The molecule has 0 unspecified atom stereocenters. The molecule has 3 rings (SSSR count). The zero-order chi connectivity index (χ0) is 17.2. The van der Waals surface area contributed by atoms with Gasteiger partial charge in [0.2, 0.25) is 10.0 Å². The molecule has 0 fully saturated rings. The van der Waals surface area contributed by atoms with Crippen molar-refractivity contribution in [1.29, 1.82) is 0 Å². The van der Waals surface area contributed by atoms with Gasteiger partial charge in [0, 0.05) is 29.7 Å². The Bertz CT molecular complexity index is 965. The third-order valence-corrected chi connectivity index (χ3v) is 5.43. The number of hydrogen-bond donors (Lipinski definition) is 2. The minimum Gasteiger partial charge on any atom is -0.387 e. The molecule has 124 valence electrons.